The normalized spacial score (nSPS) is 16.8. The molecule has 21 heavy (non-hydrogen) atoms. The fourth-order valence-corrected chi connectivity index (χ4v) is 2.54. The lowest BCUT2D eigenvalue weighted by Gasteiger charge is -2.25. The first kappa shape index (κ1) is 13.5. The predicted molar refractivity (Wildman–Crippen MR) is 77.3 cm³/mol. The van der Waals surface area contributed by atoms with Gasteiger partial charge in [-0.1, -0.05) is 18.2 Å². The molecule has 0 radical (unpaired) electrons. The van der Waals surface area contributed by atoms with Gasteiger partial charge in [0.2, 0.25) is 5.91 Å². The number of fused-ring (bicyclic) bond motifs is 1. The quantitative estimate of drug-likeness (QED) is 0.888. The average molecular weight is 288 g/mol. The van der Waals surface area contributed by atoms with E-state index >= 15 is 0 Å². The van der Waals surface area contributed by atoms with Crippen molar-refractivity contribution in [3.63, 3.8) is 0 Å². The van der Waals surface area contributed by atoms with Crippen molar-refractivity contribution in [1.82, 2.24) is 0 Å². The molecule has 1 atom stereocenters. The van der Waals surface area contributed by atoms with Crippen molar-refractivity contribution in [2.24, 2.45) is 0 Å². The number of hydrogen-bond acceptors (Lipinski definition) is 2. The van der Waals surface area contributed by atoms with E-state index in [4.69, 9.17) is 0 Å². The molecule has 3 nitrogen and oxygen atoms in total. The van der Waals surface area contributed by atoms with Crippen LogP contribution in [0.25, 0.3) is 0 Å². The zero-order chi connectivity index (χ0) is 14.8. The molecule has 0 spiro atoms. The summed E-state index contributed by atoms with van der Waals surface area (Å²) in [6.45, 7) is 0.701. The smallest absolute Gasteiger partial charge is 0.232 e. The Morgan fingerprint density at radius 1 is 1.14 bits per heavy atom. The summed E-state index contributed by atoms with van der Waals surface area (Å²) in [5, 5.41) is 5.89. The van der Waals surface area contributed by atoms with E-state index in [1.54, 1.807) is 0 Å². The number of hydrogen-bond donors (Lipinski definition) is 2. The average Bonchev–Trinajstić information content (AvgIpc) is 2.50. The molecule has 1 amide bonds. The summed E-state index contributed by atoms with van der Waals surface area (Å²) < 4.78 is 26.1. The monoisotopic (exact) mass is 288 g/mol. The van der Waals surface area contributed by atoms with Gasteiger partial charge in [-0.2, -0.15) is 0 Å². The molecule has 2 N–H and O–H groups in total. The van der Waals surface area contributed by atoms with Crippen LogP contribution in [0.4, 0.5) is 20.2 Å². The van der Waals surface area contributed by atoms with E-state index < -0.39 is 11.6 Å². The summed E-state index contributed by atoms with van der Waals surface area (Å²) in [7, 11) is 0. The summed E-state index contributed by atoms with van der Waals surface area (Å²) >= 11 is 0. The lowest BCUT2D eigenvalue weighted by molar-refractivity contribution is -0.117. The largest absolute Gasteiger partial charge is 0.385 e. The third kappa shape index (κ3) is 2.72. The van der Waals surface area contributed by atoms with E-state index in [1.165, 1.54) is 6.07 Å². The second-order valence-electron chi connectivity index (χ2n) is 4.97. The van der Waals surface area contributed by atoms with Crippen LogP contribution < -0.4 is 10.6 Å². The number of anilines is 2. The number of rotatable bonds is 2. The van der Waals surface area contributed by atoms with Crippen molar-refractivity contribution in [1.29, 1.82) is 0 Å². The highest BCUT2D eigenvalue weighted by atomic mass is 19.2. The van der Waals surface area contributed by atoms with Gasteiger partial charge in [-0.25, -0.2) is 8.78 Å². The molecule has 108 valence electrons. The van der Waals surface area contributed by atoms with Crippen LogP contribution in [-0.4, -0.2) is 12.5 Å². The lowest BCUT2D eigenvalue weighted by atomic mass is 9.90. The van der Waals surface area contributed by atoms with E-state index in [1.807, 2.05) is 24.3 Å². The zero-order valence-electron chi connectivity index (χ0n) is 11.2. The number of amides is 1. The van der Waals surface area contributed by atoms with E-state index in [0.29, 0.717) is 13.0 Å². The van der Waals surface area contributed by atoms with Crippen LogP contribution in [0.2, 0.25) is 0 Å². The highest BCUT2D eigenvalue weighted by molar-refractivity contribution is 5.97. The molecule has 5 heteroatoms. The number of halogens is 2. The van der Waals surface area contributed by atoms with Crippen LogP contribution in [-0.2, 0) is 4.79 Å². The van der Waals surface area contributed by atoms with E-state index in [2.05, 4.69) is 10.6 Å². The van der Waals surface area contributed by atoms with Gasteiger partial charge < -0.3 is 10.6 Å². The maximum atomic E-state index is 13.2. The van der Waals surface area contributed by atoms with Crippen LogP contribution in [0.3, 0.4) is 0 Å². The molecule has 1 heterocycles. The van der Waals surface area contributed by atoms with Crippen LogP contribution in [0, 0.1) is 11.6 Å². The van der Waals surface area contributed by atoms with Crippen LogP contribution >= 0.6 is 0 Å². The minimum Gasteiger partial charge on any atom is -0.385 e. The first-order chi connectivity index (χ1) is 10.1. The first-order valence-corrected chi connectivity index (χ1v) is 6.74. The second-order valence-corrected chi connectivity index (χ2v) is 4.97. The van der Waals surface area contributed by atoms with Gasteiger partial charge in [0, 0.05) is 24.0 Å². The summed E-state index contributed by atoms with van der Waals surface area (Å²) in [5.41, 5.74) is 2.12. The summed E-state index contributed by atoms with van der Waals surface area (Å²) in [5.74, 6) is -2.41. The third-order valence-electron chi connectivity index (χ3n) is 3.59. The Morgan fingerprint density at radius 3 is 2.76 bits per heavy atom. The third-order valence-corrected chi connectivity index (χ3v) is 3.59. The number of para-hydroxylation sites is 1. The SMILES string of the molecule is O=C(Nc1ccc(F)c(F)c1)C1CCNc2ccccc21. The van der Waals surface area contributed by atoms with Gasteiger partial charge in [0.25, 0.3) is 0 Å². The van der Waals surface area contributed by atoms with E-state index in [-0.39, 0.29) is 17.5 Å². The van der Waals surface area contributed by atoms with Crippen molar-refractivity contribution in [3.8, 4) is 0 Å². The highest BCUT2D eigenvalue weighted by Gasteiger charge is 2.26. The predicted octanol–water partition coefficient (Wildman–Crippen LogP) is 3.50. The van der Waals surface area contributed by atoms with E-state index in [0.717, 1.165) is 23.4 Å². The summed E-state index contributed by atoms with van der Waals surface area (Å²) in [6, 6.07) is 10.9. The topological polar surface area (TPSA) is 41.1 Å². The Hall–Kier alpha value is -2.43. The van der Waals surface area contributed by atoms with Crippen LogP contribution in [0.1, 0.15) is 17.9 Å². The van der Waals surface area contributed by atoms with Crippen molar-refractivity contribution in [2.75, 3.05) is 17.2 Å². The Balaban J connectivity index is 1.81. The maximum Gasteiger partial charge on any atom is 0.232 e. The Bertz CT molecular complexity index is 688. The van der Waals surface area contributed by atoms with Gasteiger partial charge in [-0.3, -0.25) is 4.79 Å². The number of nitrogens with one attached hydrogen (secondary N) is 2. The zero-order valence-corrected chi connectivity index (χ0v) is 11.2. The van der Waals surface area contributed by atoms with Gasteiger partial charge >= 0.3 is 0 Å². The minimum absolute atomic E-state index is 0.213. The molecule has 1 unspecified atom stereocenters. The van der Waals surface area contributed by atoms with Crippen molar-refractivity contribution < 1.29 is 13.6 Å². The van der Waals surface area contributed by atoms with Gasteiger partial charge in [0.15, 0.2) is 11.6 Å². The highest BCUT2D eigenvalue weighted by Crippen LogP contribution is 2.32. The minimum atomic E-state index is -0.974. The second kappa shape index (κ2) is 5.52. The van der Waals surface area contributed by atoms with Crippen molar-refractivity contribution in [3.05, 3.63) is 59.7 Å². The Morgan fingerprint density at radius 2 is 1.95 bits per heavy atom. The molecular weight excluding hydrogens is 274 g/mol. The maximum absolute atomic E-state index is 13.2. The summed E-state index contributed by atoms with van der Waals surface area (Å²) in [6.07, 6.45) is 0.659. The molecule has 0 saturated carbocycles. The lowest BCUT2D eigenvalue weighted by Crippen LogP contribution is -2.27. The molecule has 0 aromatic heterocycles. The molecule has 0 aliphatic carbocycles. The number of benzene rings is 2. The van der Waals surface area contributed by atoms with E-state index in [9.17, 15) is 13.6 Å². The molecule has 2 aromatic carbocycles. The number of carbonyl (C=O) groups is 1. The van der Waals surface area contributed by atoms with Crippen molar-refractivity contribution >= 4 is 17.3 Å². The molecule has 1 aliphatic rings. The van der Waals surface area contributed by atoms with Gasteiger partial charge in [0.1, 0.15) is 0 Å². The summed E-state index contributed by atoms with van der Waals surface area (Å²) in [4.78, 5) is 12.4. The molecule has 2 aromatic rings. The van der Waals surface area contributed by atoms with Crippen molar-refractivity contribution in [2.45, 2.75) is 12.3 Å². The molecule has 0 saturated heterocycles. The fourth-order valence-electron chi connectivity index (χ4n) is 2.54. The Kier molecular flexibility index (Phi) is 3.56. The molecule has 0 fully saturated rings. The molecule has 0 bridgehead atoms. The molecule has 1 aliphatic heterocycles. The molecular formula is C16H14F2N2O. The molecule has 3 rings (SSSR count). The van der Waals surface area contributed by atoms with Gasteiger partial charge in [-0.15, -0.1) is 0 Å². The van der Waals surface area contributed by atoms with Gasteiger partial charge in [0.05, 0.1) is 5.92 Å². The number of carbonyl (C=O) groups excluding carboxylic acids is 1. The Labute approximate surface area is 121 Å². The van der Waals surface area contributed by atoms with Crippen LogP contribution in [0.5, 0.6) is 0 Å². The first-order valence-electron chi connectivity index (χ1n) is 6.74. The fraction of sp³-hybridized carbons (Fsp3) is 0.188. The van der Waals surface area contributed by atoms with Crippen LogP contribution in [0.15, 0.2) is 42.5 Å². The standard InChI is InChI=1S/C16H14F2N2O/c17-13-6-5-10(9-14(13)18)20-16(21)12-7-8-19-15-4-2-1-3-11(12)15/h1-6,9,12,19H,7-8H2,(H,20,21). The van der Waals surface area contributed by atoms with Gasteiger partial charge in [-0.05, 0) is 30.2 Å².